The molecule has 0 aliphatic carbocycles. The van der Waals surface area contributed by atoms with E-state index in [2.05, 4.69) is 229 Å². The molecular formula is C54H37NOSi. The van der Waals surface area contributed by atoms with E-state index >= 15 is 0 Å². The highest BCUT2D eigenvalue weighted by Gasteiger charge is 2.42. The maximum Gasteiger partial charge on any atom is 0.179 e. The molecule has 0 aliphatic heterocycles. The molecule has 0 bridgehead atoms. The Morgan fingerprint density at radius 2 is 0.789 bits per heavy atom. The zero-order valence-electron chi connectivity index (χ0n) is 31.2. The summed E-state index contributed by atoms with van der Waals surface area (Å²) in [5.74, 6) is 0. The fourth-order valence-corrected chi connectivity index (χ4v) is 14.1. The van der Waals surface area contributed by atoms with Crippen LogP contribution in [0.3, 0.4) is 0 Å². The zero-order chi connectivity index (χ0) is 37.8. The molecule has 3 heteroatoms. The summed E-state index contributed by atoms with van der Waals surface area (Å²) in [6.07, 6.45) is 0. The van der Waals surface area contributed by atoms with Crippen molar-refractivity contribution in [3.63, 3.8) is 0 Å². The number of hydrogen-bond acceptors (Lipinski definition) is 1. The number of furan rings is 1. The van der Waals surface area contributed by atoms with Gasteiger partial charge in [0, 0.05) is 32.7 Å². The van der Waals surface area contributed by atoms with Crippen LogP contribution in [0, 0.1) is 0 Å². The Morgan fingerprint density at radius 3 is 1.33 bits per heavy atom. The summed E-state index contributed by atoms with van der Waals surface area (Å²) in [6, 6.07) is 82.3. The molecule has 0 atom stereocenters. The van der Waals surface area contributed by atoms with Crippen LogP contribution in [0.15, 0.2) is 229 Å². The fraction of sp³-hybridized carbons (Fsp3) is 0. The first-order valence-corrected chi connectivity index (χ1v) is 21.6. The molecule has 0 N–H and O–H groups in total. The van der Waals surface area contributed by atoms with Crippen LogP contribution < -0.4 is 20.7 Å². The summed E-state index contributed by atoms with van der Waals surface area (Å²) in [7, 11) is -2.94. The van der Waals surface area contributed by atoms with E-state index in [1.165, 1.54) is 42.6 Å². The summed E-state index contributed by atoms with van der Waals surface area (Å²) < 4.78 is 9.39. The molecule has 11 aromatic rings. The summed E-state index contributed by atoms with van der Waals surface area (Å²) >= 11 is 0. The average molecular weight is 744 g/mol. The number of aromatic nitrogens is 1. The second-order valence-corrected chi connectivity index (χ2v) is 18.6. The highest BCUT2D eigenvalue weighted by molar-refractivity contribution is 7.20. The van der Waals surface area contributed by atoms with Crippen molar-refractivity contribution in [3.05, 3.63) is 224 Å². The Morgan fingerprint density at radius 1 is 0.351 bits per heavy atom. The monoisotopic (exact) mass is 743 g/mol. The predicted molar refractivity (Wildman–Crippen MR) is 243 cm³/mol. The normalized spacial score (nSPS) is 11.9. The summed E-state index contributed by atoms with van der Waals surface area (Å²) in [5.41, 5.74) is 9.79. The molecule has 0 amide bonds. The van der Waals surface area contributed by atoms with Gasteiger partial charge in [-0.05, 0) is 50.1 Å². The molecule has 0 unspecified atom stereocenters. The van der Waals surface area contributed by atoms with Gasteiger partial charge in [0.2, 0.25) is 0 Å². The molecule has 0 aliphatic rings. The van der Waals surface area contributed by atoms with Crippen molar-refractivity contribution in [2.24, 2.45) is 0 Å². The van der Waals surface area contributed by atoms with E-state index in [1.54, 1.807) is 0 Å². The maximum absolute atomic E-state index is 6.89. The number of rotatable bonds is 7. The second kappa shape index (κ2) is 13.5. The highest BCUT2D eigenvalue weighted by Crippen LogP contribution is 2.44. The Balaban J connectivity index is 1.37. The van der Waals surface area contributed by atoms with Gasteiger partial charge in [-0.3, -0.25) is 0 Å². The standard InChI is InChI=1S/C54H37NOSi/c1-6-20-38(21-7-1)48-36-43(57(40-24-10-3-11-25-40,41-26-12-4-13-27-41)42-28-14-5-15-29-42)37-49(39-22-8-2-9-23-39)52(48)55-50-32-18-16-30-44(50)46-34-35-47-45-31-17-19-33-51(45)56-54(47)53(46)55/h1-37H. The van der Waals surface area contributed by atoms with Gasteiger partial charge in [0.05, 0.1) is 16.7 Å². The molecule has 0 radical (unpaired) electrons. The Bertz CT molecular complexity index is 3050. The number of nitrogens with zero attached hydrogens (tertiary/aromatic N) is 1. The van der Waals surface area contributed by atoms with Crippen molar-refractivity contribution in [3.8, 4) is 27.9 Å². The van der Waals surface area contributed by atoms with E-state index in [4.69, 9.17) is 4.42 Å². The van der Waals surface area contributed by atoms with Crippen molar-refractivity contribution in [1.82, 2.24) is 4.57 Å². The van der Waals surface area contributed by atoms with Gasteiger partial charge >= 0.3 is 0 Å². The molecule has 0 spiro atoms. The van der Waals surface area contributed by atoms with Gasteiger partial charge in [-0.15, -0.1) is 0 Å². The molecule has 11 rings (SSSR count). The summed E-state index contributed by atoms with van der Waals surface area (Å²) in [6.45, 7) is 0. The van der Waals surface area contributed by atoms with Crippen LogP contribution >= 0.6 is 0 Å². The Hall–Kier alpha value is -7.20. The van der Waals surface area contributed by atoms with E-state index < -0.39 is 8.07 Å². The van der Waals surface area contributed by atoms with Crippen LogP contribution in [0.1, 0.15) is 0 Å². The van der Waals surface area contributed by atoms with E-state index in [1.807, 2.05) is 0 Å². The molecule has 0 saturated carbocycles. The molecular weight excluding hydrogens is 707 g/mol. The zero-order valence-corrected chi connectivity index (χ0v) is 32.2. The Kier molecular flexibility index (Phi) is 7.87. The largest absolute Gasteiger partial charge is 0.454 e. The van der Waals surface area contributed by atoms with Crippen LogP contribution in [0.4, 0.5) is 0 Å². The van der Waals surface area contributed by atoms with Crippen molar-refractivity contribution < 1.29 is 4.42 Å². The maximum atomic E-state index is 6.89. The minimum atomic E-state index is -2.94. The summed E-state index contributed by atoms with van der Waals surface area (Å²) in [5, 5.41) is 9.95. The number of hydrogen-bond donors (Lipinski definition) is 0. The average Bonchev–Trinajstić information content (AvgIpc) is 3.84. The van der Waals surface area contributed by atoms with Crippen LogP contribution in [0.5, 0.6) is 0 Å². The molecule has 9 aromatic carbocycles. The van der Waals surface area contributed by atoms with Crippen molar-refractivity contribution >= 4 is 72.6 Å². The highest BCUT2D eigenvalue weighted by atomic mass is 28.3. The van der Waals surface area contributed by atoms with Crippen LogP contribution in [-0.4, -0.2) is 12.6 Å². The predicted octanol–water partition coefficient (Wildman–Crippen LogP) is 11.4. The molecule has 0 saturated heterocycles. The quantitative estimate of drug-likeness (QED) is 0.117. The van der Waals surface area contributed by atoms with E-state index in [9.17, 15) is 0 Å². The van der Waals surface area contributed by atoms with Gasteiger partial charge in [-0.25, -0.2) is 0 Å². The van der Waals surface area contributed by atoms with E-state index in [0.717, 1.165) is 49.8 Å². The lowest BCUT2D eigenvalue weighted by molar-refractivity contribution is 0.671. The first-order chi connectivity index (χ1) is 28.3. The third-order valence-electron chi connectivity index (χ3n) is 11.7. The second-order valence-electron chi connectivity index (χ2n) is 14.8. The first-order valence-electron chi connectivity index (χ1n) is 19.6. The van der Waals surface area contributed by atoms with Gasteiger partial charge in [-0.1, -0.05) is 206 Å². The fourth-order valence-electron chi connectivity index (χ4n) is 9.29. The lowest BCUT2D eigenvalue weighted by Gasteiger charge is -2.36. The smallest absolute Gasteiger partial charge is 0.179 e. The minimum Gasteiger partial charge on any atom is -0.454 e. The minimum absolute atomic E-state index is 0.892. The molecule has 2 heterocycles. The molecule has 268 valence electrons. The molecule has 2 nitrogen and oxygen atoms in total. The van der Waals surface area contributed by atoms with Crippen LogP contribution in [0.2, 0.25) is 0 Å². The van der Waals surface area contributed by atoms with E-state index in [-0.39, 0.29) is 0 Å². The molecule has 0 fully saturated rings. The molecule has 2 aromatic heterocycles. The van der Waals surface area contributed by atoms with Gasteiger partial charge in [-0.2, -0.15) is 0 Å². The Labute approximate surface area is 332 Å². The van der Waals surface area contributed by atoms with Gasteiger partial charge in [0.25, 0.3) is 0 Å². The van der Waals surface area contributed by atoms with Crippen molar-refractivity contribution in [1.29, 1.82) is 0 Å². The SMILES string of the molecule is c1ccc(-c2cc([Si](c3ccccc3)(c3ccccc3)c3ccccc3)cc(-c3ccccc3)c2-n2c3ccccc3c3ccc4c5ccccc5oc4c32)cc1. The number of para-hydroxylation sites is 2. The van der Waals surface area contributed by atoms with Gasteiger partial charge < -0.3 is 8.98 Å². The topological polar surface area (TPSA) is 18.1 Å². The number of benzene rings is 9. The van der Waals surface area contributed by atoms with Crippen molar-refractivity contribution in [2.45, 2.75) is 0 Å². The lowest BCUT2D eigenvalue weighted by atomic mass is 9.95. The van der Waals surface area contributed by atoms with Crippen molar-refractivity contribution in [2.75, 3.05) is 0 Å². The van der Waals surface area contributed by atoms with Gasteiger partial charge in [0.15, 0.2) is 13.7 Å². The lowest BCUT2D eigenvalue weighted by Crippen LogP contribution is -2.74. The molecule has 57 heavy (non-hydrogen) atoms. The third kappa shape index (κ3) is 5.17. The van der Waals surface area contributed by atoms with Crippen LogP contribution in [0.25, 0.3) is 71.7 Å². The van der Waals surface area contributed by atoms with Gasteiger partial charge in [0.1, 0.15) is 5.58 Å². The number of fused-ring (bicyclic) bond motifs is 7. The van der Waals surface area contributed by atoms with E-state index in [0.29, 0.717) is 0 Å². The summed E-state index contributed by atoms with van der Waals surface area (Å²) in [4.78, 5) is 0. The third-order valence-corrected chi connectivity index (χ3v) is 16.5. The first kappa shape index (κ1) is 33.2. The van der Waals surface area contributed by atoms with Crippen LogP contribution in [-0.2, 0) is 0 Å².